The van der Waals surface area contributed by atoms with Crippen molar-refractivity contribution in [2.24, 2.45) is 0 Å². The molecule has 0 spiro atoms. The predicted octanol–water partition coefficient (Wildman–Crippen LogP) is 1.40. The maximum absolute atomic E-state index is 12.4. The van der Waals surface area contributed by atoms with Crippen molar-refractivity contribution in [3.8, 4) is 5.75 Å². The van der Waals surface area contributed by atoms with Gasteiger partial charge in [0, 0.05) is 37.7 Å². The number of nitrogens with zero attached hydrogens (tertiary/aromatic N) is 2. The Bertz CT molecular complexity index is 865. The number of methoxy groups -OCH3 is 1. The second-order valence-corrected chi connectivity index (χ2v) is 8.26. The minimum atomic E-state index is -0.614. The van der Waals surface area contributed by atoms with E-state index in [1.54, 1.807) is 31.4 Å². The maximum Gasteiger partial charge on any atom is 0.251 e. The van der Waals surface area contributed by atoms with E-state index in [-0.39, 0.29) is 18.6 Å². The van der Waals surface area contributed by atoms with Crippen LogP contribution in [0.3, 0.4) is 0 Å². The zero-order valence-corrected chi connectivity index (χ0v) is 18.4. The van der Waals surface area contributed by atoms with Gasteiger partial charge in [-0.05, 0) is 37.1 Å². The first-order valence-corrected chi connectivity index (χ1v) is 11.1. The highest BCUT2D eigenvalue weighted by molar-refractivity contribution is 5.94. The molecule has 2 N–H and O–H groups in total. The zero-order chi connectivity index (χ0) is 22.3. The summed E-state index contributed by atoms with van der Waals surface area (Å²) in [6.07, 6.45) is 0.805. The van der Waals surface area contributed by atoms with E-state index >= 15 is 0 Å². The van der Waals surface area contributed by atoms with Crippen molar-refractivity contribution in [2.75, 3.05) is 40.0 Å². The lowest BCUT2D eigenvalue weighted by Gasteiger charge is -2.33. The summed E-state index contributed by atoms with van der Waals surface area (Å²) < 4.78 is 22.1. The number of rotatable bonds is 8. The molecule has 32 heavy (non-hydrogen) atoms. The van der Waals surface area contributed by atoms with E-state index in [2.05, 4.69) is 15.4 Å². The first kappa shape index (κ1) is 22.7. The fraction of sp³-hybridized carbons (Fsp3) is 0.565. The van der Waals surface area contributed by atoms with Crippen LogP contribution in [0.15, 0.2) is 34.9 Å². The molecule has 0 radical (unpaired) electrons. The Morgan fingerprint density at radius 1 is 1.25 bits per heavy atom. The third-order valence-electron chi connectivity index (χ3n) is 5.92. The Kier molecular flexibility index (Phi) is 7.75. The van der Waals surface area contributed by atoms with Gasteiger partial charge in [-0.15, -0.1) is 0 Å². The molecule has 3 heterocycles. The summed E-state index contributed by atoms with van der Waals surface area (Å²) in [5.74, 6) is 1.31. The number of benzene rings is 1. The van der Waals surface area contributed by atoms with E-state index < -0.39 is 12.2 Å². The highest BCUT2D eigenvalue weighted by Crippen LogP contribution is 2.23. The molecule has 1 aromatic carbocycles. The van der Waals surface area contributed by atoms with Gasteiger partial charge in [-0.2, -0.15) is 0 Å². The number of amides is 1. The molecule has 0 bridgehead atoms. The summed E-state index contributed by atoms with van der Waals surface area (Å²) in [4.78, 5) is 14.7. The molecule has 0 aliphatic carbocycles. The lowest BCUT2D eigenvalue weighted by Crippen LogP contribution is -2.46. The van der Waals surface area contributed by atoms with Gasteiger partial charge in [-0.25, -0.2) is 0 Å². The molecule has 3 atom stereocenters. The summed E-state index contributed by atoms with van der Waals surface area (Å²) >= 11 is 0. The molecular weight excluding hydrogens is 414 g/mol. The summed E-state index contributed by atoms with van der Waals surface area (Å²) in [7, 11) is 1.58. The Morgan fingerprint density at radius 2 is 2.03 bits per heavy atom. The quantitative estimate of drug-likeness (QED) is 0.628. The van der Waals surface area contributed by atoms with E-state index in [0.29, 0.717) is 24.2 Å². The molecular formula is C23H31N3O6. The van der Waals surface area contributed by atoms with E-state index in [4.69, 9.17) is 18.7 Å². The number of aliphatic hydroxyl groups excluding tert-OH is 1. The molecule has 3 unspecified atom stereocenters. The molecule has 2 aliphatic rings. The zero-order valence-electron chi connectivity index (χ0n) is 18.4. The van der Waals surface area contributed by atoms with E-state index in [1.165, 1.54) is 0 Å². The Balaban J connectivity index is 1.26. The summed E-state index contributed by atoms with van der Waals surface area (Å²) in [5.41, 5.74) is 1.37. The Labute approximate surface area is 187 Å². The standard InChI is InChI=1S/C23H31N3O6/c1-29-18-4-2-16(3-5-18)23(28)24-14-22-21(27)7-6-19(31-22)12-17-13-20(32-25-17)15-26-8-10-30-11-9-26/h2-5,13,19,21-22,27H,6-12,14-15H2,1H3,(H,24,28). The van der Waals surface area contributed by atoms with Crippen LogP contribution >= 0.6 is 0 Å². The summed E-state index contributed by atoms with van der Waals surface area (Å²) in [5, 5.41) is 17.4. The van der Waals surface area contributed by atoms with Gasteiger partial charge in [0.25, 0.3) is 5.91 Å². The number of aromatic nitrogens is 1. The Hall–Kier alpha value is -2.46. The van der Waals surface area contributed by atoms with Crippen LogP contribution in [-0.2, 0) is 22.4 Å². The maximum atomic E-state index is 12.4. The molecule has 0 saturated carbocycles. The molecule has 174 valence electrons. The lowest BCUT2D eigenvalue weighted by atomic mass is 9.98. The van der Waals surface area contributed by atoms with Gasteiger partial charge < -0.3 is 29.2 Å². The predicted molar refractivity (Wildman–Crippen MR) is 116 cm³/mol. The molecule has 2 saturated heterocycles. The normalized spacial score (nSPS) is 24.2. The van der Waals surface area contributed by atoms with Crippen molar-refractivity contribution < 1.29 is 28.6 Å². The number of ether oxygens (including phenoxy) is 3. The molecule has 4 rings (SSSR count). The van der Waals surface area contributed by atoms with Gasteiger partial charge in [-0.3, -0.25) is 9.69 Å². The highest BCUT2D eigenvalue weighted by atomic mass is 16.5. The molecule has 2 fully saturated rings. The van der Waals surface area contributed by atoms with Crippen LogP contribution in [-0.4, -0.2) is 79.3 Å². The SMILES string of the molecule is COc1ccc(C(=O)NCC2OC(Cc3cc(CN4CCOCC4)on3)CCC2O)cc1. The second-order valence-electron chi connectivity index (χ2n) is 8.26. The van der Waals surface area contributed by atoms with Crippen LogP contribution in [0.4, 0.5) is 0 Å². The Morgan fingerprint density at radius 3 is 2.78 bits per heavy atom. The van der Waals surface area contributed by atoms with Crippen molar-refractivity contribution in [3.05, 3.63) is 47.3 Å². The van der Waals surface area contributed by atoms with Crippen molar-refractivity contribution in [1.82, 2.24) is 15.4 Å². The van der Waals surface area contributed by atoms with Crippen LogP contribution < -0.4 is 10.1 Å². The van der Waals surface area contributed by atoms with E-state index in [1.807, 2.05) is 6.07 Å². The monoisotopic (exact) mass is 445 g/mol. The minimum Gasteiger partial charge on any atom is -0.497 e. The van der Waals surface area contributed by atoms with Crippen molar-refractivity contribution >= 4 is 5.91 Å². The van der Waals surface area contributed by atoms with Crippen molar-refractivity contribution in [2.45, 2.75) is 44.1 Å². The molecule has 9 heteroatoms. The number of hydrogen-bond donors (Lipinski definition) is 2. The fourth-order valence-electron chi connectivity index (χ4n) is 4.06. The third kappa shape index (κ3) is 6.07. The summed E-state index contributed by atoms with van der Waals surface area (Å²) in [6.45, 7) is 4.24. The second kappa shape index (κ2) is 10.9. The molecule has 2 aliphatic heterocycles. The van der Waals surface area contributed by atoms with E-state index in [9.17, 15) is 9.90 Å². The number of carbonyl (C=O) groups excluding carboxylic acids is 1. The van der Waals surface area contributed by atoms with E-state index in [0.717, 1.165) is 50.7 Å². The van der Waals surface area contributed by atoms with Gasteiger partial charge in [-0.1, -0.05) is 5.16 Å². The lowest BCUT2D eigenvalue weighted by molar-refractivity contribution is -0.114. The number of hydrogen-bond acceptors (Lipinski definition) is 8. The number of morpholine rings is 1. The number of nitrogens with one attached hydrogen (secondary N) is 1. The van der Waals surface area contributed by atoms with Crippen LogP contribution in [0.5, 0.6) is 5.75 Å². The van der Waals surface area contributed by atoms with Crippen LogP contribution in [0, 0.1) is 0 Å². The van der Waals surface area contributed by atoms with Gasteiger partial charge in [0.05, 0.1) is 44.8 Å². The number of aliphatic hydroxyl groups is 1. The smallest absolute Gasteiger partial charge is 0.251 e. The van der Waals surface area contributed by atoms with Crippen molar-refractivity contribution in [1.29, 1.82) is 0 Å². The molecule has 2 aromatic rings. The van der Waals surface area contributed by atoms with Crippen LogP contribution in [0.1, 0.15) is 34.7 Å². The fourth-order valence-corrected chi connectivity index (χ4v) is 4.06. The average Bonchev–Trinajstić information content (AvgIpc) is 3.26. The largest absolute Gasteiger partial charge is 0.497 e. The molecule has 1 aromatic heterocycles. The van der Waals surface area contributed by atoms with Crippen LogP contribution in [0.2, 0.25) is 0 Å². The number of carbonyl (C=O) groups is 1. The van der Waals surface area contributed by atoms with Gasteiger partial charge in [0.1, 0.15) is 11.9 Å². The first-order valence-electron chi connectivity index (χ1n) is 11.1. The molecule has 9 nitrogen and oxygen atoms in total. The summed E-state index contributed by atoms with van der Waals surface area (Å²) in [6, 6.07) is 8.86. The van der Waals surface area contributed by atoms with Crippen LogP contribution in [0.25, 0.3) is 0 Å². The topological polar surface area (TPSA) is 106 Å². The average molecular weight is 446 g/mol. The van der Waals surface area contributed by atoms with Crippen molar-refractivity contribution in [3.63, 3.8) is 0 Å². The van der Waals surface area contributed by atoms with Gasteiger partial charge >= 0.3 is 0 Å². The first-order chi connectivity index (χ1) is 15.6. The molecule has 1 amide bonds. The third-order valence-corrected chi connectivity index (χ3v) is 5.92. The van der Waals surface area contributed by atoms with Gasteiger partial charge in [0.15, 0.2) is 5.76 Å². The minimum absolute atomic E-state index is 0.0809. The van der Waals surface area contributed by atoms with Gasteiger partial charge in [0.2, 0.25) is 0 Å². The highest BCUT2D eigenvalue weighted by Gasteiger charge is 2.31.